The molecule has 3 heterocycles. The summed E-state index contributed by atoms with van der Waals surface area (Å²) in [5, 5.41) is 24.3. The highest BCUT2D eigenvalue weighted by Gasteiger charge is 2.39. The molecule has 18 heteroatoms. The summed E-state index contributed by atoms with van der Waals surface area (Å²) < 4.78 is 0. The third-order valence-corrected chi connectivity index (χ3v) is 10.4. The van der Waals surface area contributed by atoms with Crippen LogP contribution in [0, 0.1) is 11.8 Å². The van der Waals surface area contributed by atoms with Crippen LogP contribution in [0.4, 0.5) is 0 Å². The summed E-state index contributed by atoms with van der Waals surface area (Å²) in [6, 6.07) is 0.856. The van der Waals surface area contributed by atoms with E-state index in [1.54, 1.807) is 20.0 Å². The van der Waals surface area contributed by atoms with Gasteiger partial charge in [0.15, 0.2) is 0 Å². The van der Waals surface area contributed by atoms with Gasteiger partial charge in [0.1, 0.15) is 36.3 Å². The molecule has 59 heavy (non-hydrogen) atoms. The third kappa shape index (κ3) is 13.1. The molecule has 4 rings (SSSR count). The van der Waals surface area contributed by atoms with Gasteiger partial charge in [-0.2, -0.15) is 0 Å². The first kappa shape index (κ1) is 45.9. The number of amides is 6. The van der Waals surface area contributed by atoms with E-state index in [1.165, 1.54) is 24.3 Å². The zero-order chi connectivity index (χ0) is 43.2. The maximum atomic E-state index is 14.3. The molecule has 6 amide bonds. The molecule has 0 radical (unpaired) electrons. The molecule has 1 fully saturated rings. The summed E-state index contributed by atoms with van der Waals surface area (Å²) in [4.78, 5) is 105. The number of nitrogens with one attached hydrogen (secondary N) is 7. The number of carbonyl (C=O) groups is 7. The number of hydrogen-bond donors (Lipinski definition) is 9. The fraction of sp³-hybridized carbons (Fsp3) is 0.561. The highest BCUT2D eigenvalue weighted by atomic mass is 16.4. The molecule has 0 spiro atoms. The van der Waals surface area contributed by atoms with Gasteiger partial charge in [0, 0.05) is 55.3 Å². The van der Waals surface area contributed by atoms with Crippen LogP contribution in [0.1, 0.15) is 84.4 Å². The second-order valence-electron chi connectivity index (χ2n) is 16.0. The van der Waals surface area contributed by atoms with Gasteiger partial charge in [-0.1, -0.05) is 45.9 Å². The zero-order valence-corrected chi connectivity index (χ0v) is 34.5. The second kappa shape index (κ2) is 21.8. The fourth-order valence-electron chi connectivity index (χ4n) is 7.34. The summed E-state index contributed by atoms with van der Waals surface area (Å²) in [5.74, 6) is -5.18. The Hall–Kier alpha value is -5.78. The highest BCUT2D eigenvalue weighted by molar-refractivity contribution is 5.97. The van der Waals surface area contributed by atoms with Crippen LogP contribution in [0.3, 0.4) is 0 Å². The van der Waals surface area contributed by atoms with Crippen LogP contribution in [0.2, 0.25) is 0 Å². The number of aliphatic carboxylic acids is 1. The zero-order valence-electron chi connectivity index (χ0n) is 34.5. The number of H-pyrrole nitrogens is 2. The average molecular weight is 821 g/mol. The van der Waals surface area contributed by atoms with Crippen LogP contribution in [0.5, 0.6) is 0 Å². The van der Waals surface area contributed by atoms with E-state index in [2.05, 4.69) is 41.5 Å². The summed E-state index contributed by atoms with van der Waals surface area (Å²) in [5.41, 5.74) is 7.65. The SMILES string of the molecule is CC(=O)N[C@@H](CCCCN)C(=O)N1CCC[C@H]1C(=O)N[C@@H](CC(C)C)C(=O)N[C@@H](Cc1c[nH]c2ccccc12)C(=O)N[C@@H](Cc1cnc[nH]1)C(=O)N[C@H](C(=O)O)C(C)C. The molecular weight excluding hydrogens is 761 g/mol. The van der Waals surface area contributed by atoms with Crippen LogP contribution < -0.4 is 32.3 Å². The van der Waals surface area contributed by atoms with E-state index in [-0.39, 0.29) is 37.0 Å². The lowest BCUT2D eigenvalue weighted by molar-refractivity contribution is -0.143. The number of nitrogens with zero attached hydrogens (tertiary/aromatic N) is 2. The van der Waals surface area contributed by atoms with E-state index in [1.807, 2.05) is 38.1 Å². The number of aromatic amines is 2. The van der Waals surface area contributed by atoms with Crippen molar-refractivity contribution in [1.29, 1.82) is 0 Å². The van der Waals surface area contributed by atoms with Crippen molar-refractivity contribution in [2.24, 2.45) is 17.6 Å². The van der Waals surface area contributed by atoms with E-state index in [0.29, 0.717) is 56.5 Å². The van der Waals surface area contributed by atoms with Crippen LogP contribution >= 0.6 is 0 Å². The number of likely N-dealkylation sites (tertiary alicyclic amines) is 1. The number of fused-ring (bicyclic) bond motifs is 1. The highest BCUT2D eigenvalue weighted by Crippen LogP contribution is 2.22. The van der Waals surface area contributed by atoms with Gasteiger partial charge in [-0.25, -0.2) is 9.78 Å². The maximum Gasteiger partial charge on any atom is 0.326 e. The number of nitrogens with two attached hydrogens (primary N) is 1. The number of imidazole rings is 1. The molecule has 3 aromatic rings. The number of aromatic nitrogens is 3. The van der Waals surface area contributed by atoms with Crippen LogP contribution in [0.25, 0.3) is 10.9 Å². The van der Waals surface area contributed by atoms with Crippen molar-refractivity contribution < 1.29 is 38.7 Å². The summed E-state index contributed by atoms with van der Waals surface area (Å²) >= 11 is 0. The van der Waals surface area contributed by atoms with E-state index >= 15 is 0 Å². The molecule has 10 N–H and O–H groups in total. The quantitative estimate of drug-likeness (QED) is 0.0650. The number of para-hydroxylation sites is 1. The number of carboxylic acids is 1. The van der Waals surface area contributed by atoms with Crippen molar-refractivity contribution in [3.05, 3.63) is 54.2 Å². The fourth-order valence-corrected chi connectivity index (χ4v) is 7.34. The molecule has 1 aliphatic heterocycles. The van der Waals surface area contributed by atoms with Crippen molar-refractivity contribution in [3.8, 4) is 0 Å². The van der Waals surface area contributed by atoms with Crippen molar-refractivity contribution in [3.63, 3.8) is 0 Å². The molecule has 6 atom stereocenters. The minimum Gasteiger partial charge on any atom is -0.480 e. The smallest absolute Gasteiger partial charge is 0.326 e. The summed E-state index contributed by atoms with van der Waals surface area (Å²) in [6.07, 6.45) is 7.29. The summed E-state index contributed by atoms with van der Waals surface area (Å²) in [7, 11) is 0. The van der Waals surface area contributed by atoms with Crippen molar-refractivity contribution >= 4 is 52.3 Å². The minimum atomic E-state index is -1.26. The van der Waals surface area contributed by atoms with Gasteiger partial charge >= 0.3 is 5.97 Å². The molecule has 1 saturated heterocycles. The van der Waals surface area contributed by atoms with Crippen molar-refractivity contribution in [2.75, 3.05) is 13.1 Å². The van der Waals surface area contributed by atoms with Gasteiger partial charge in [-0.15, -0.1) is 0 Å². The molecule has 1 aromatic carbocycles. The lowest BCUT2D eigenvalue weighted by Crippen LogP contribution is -2.60. The molecule has 0 aliphatic carbocycles. The number of hydrogen-bond acceptors (Lipinski definition) is 9. The van der Waals surface area contributed by atoms with Crippen LogP contribution in [0.15, 0.2) is 43.0 Å². The van der Waals surface area contributed by atoms with Gasteiger partial charge in [-0.3, -0.25) is 28.8 Å². The lowest BCUT2D eigenvalue weighted by Gasteiger charge is -2.30. The van der Waals surface area contributed by atoms with Gasteiger partial charge in [0.05, 0.1) is 6.33 Å². The van der Waals surface area contributed by atoms with Gasteiger partial charge in [0.2, 0.25) is 35.4 Å². The Morgan fingerprint density at radius 3 is 2.17 bits per heavy atom. The van der Waals surface area contributed by atoms with Gasteiger partial charge < -0.3 is 52.3 Å². The van der Waals surface area contributed by atoms with E-state index in [4.69, 9.17) is 5.73 Å². The van der Waals surface area contributed by atoms with E-state index in [0.717, 1.165) is 10.9 Å². The van der Waals surface area contributed by atoms with Gasteiger partial charge in [-0.05, 0) is 68.5 Å². The normalized spacial score (nSPS) is 16.5. The first-order valence-corrected chi connectivity index (χ1v) is 20.3. The molecular formula is C41H60N10O8. The predicted molar refractivity (Wildman–Crippen MR) is 219 cm³/mol. The second-order valence-corrected chi connectivity index (χ2v) is 16.0. The molecule has 322 valence electrons. The van der Waals surface area contributed by atoms with Crippen molar-refractivity contribution in [1.82, 2.24) is 46.4 Å². The topological polar surface area (TPSA) is 274 Å². The Bertz CT molecular complexity index is 1910. The largest absolute Gasteiger partial charge is 0.480 e. The monoisotopic (exact) mass is 820 g/mol. The number of benzene rings is 1. The Balaban J connectivity index is 1.60. The molecule has 1 aliphatic rings. The Morgan fingerprint density at radius 1 is 0.864 bits per heavy atom. The van der Waals surface area contributed by atoms with Crippen molar-refractivity contribution in [2.45, 2.75) is 122 Å². The minimum absolute atomic E-state index is 0.00826. The lowest BCUT2D eigenvalue weighted by atomic mass is 9.99. The molecule has 18 nitrogen and oxygen atoms in total. The first-order chi connectivity index (χ1) is 28.1. The van der Waals surface area contributed by atoms with Gasteiger partial charge in [0.25, 0.3) is 0 Å². The standard InChI is InChI=1S/C41H60N10O8/c1-23(2)17-31(49-39(56)34-14-10-16-51(34)40(57)30(46-25(5)52)13-8-9-15-42)36(53)47-32(18-26-20-44-29-12-7-6-11-28(26)29)37(54)48-33(19-27-21-43-22-45-27)38(55)50-35(24(3)4)41(58)59/h6-7,11-12,20-24,30-35,44H,8-10,13-19,42H2,1-5H3,(H,43,45)(H,46,52)(H,47,53)(H,48,54)(H,49,56)(H,50,55)(H,58,59)/t30-,31-,32-,33-,34-,35-/m0/s1. The van der Waals surface area contributed by atoms with E-state index in [9.17, 15) is 38.7 Å². The Labute approximate surface area is 344 Å². The van der Waals surface area contributed by atoms with E-state index < -0.39 is 71.8 Å². The van der Waals surface area contributed by atoms with Crippen LogP contribution in [-0.4, -0.2) is 116 Å². The molecule has 0 saturated carbocycles. The third-order valence-electron chi connectivity index (χ3n) is 10.4. The maximum absolute atomic E-state index is 14.3. The molecule has 0 bridgehead atoms. The Kier molecular flexibility index (Phi) is 17.0. The number of carboxylic acid groups (broad SMARTS) is 1. The average Bonchev–Trinajstić information content (AvgIpc) is 3.97. The molecule has 2 aromatic heterocycles. The first-order valence-electron chi connectivity index (χ1n) is 20.3. The number of rotatable bonds is 22. The number of unbranched alkanes of at least 4 members (excludes halogenated alkanes) is 1. The Morgan fingerprint density at radius 2 is 1.54 bits per heavy atom. The number of carbonyl (C=O) groups excluding carboxylic acids is 6. The predicted octanol–water partition coefficient (Wildman–Crippen LogP) is 1.03. The summed E-state index contributed by atoms with van der Waals surface area (Å²) in [6.45, 7) is 9.13. The van der Waals surface area contributed by atoms with Crippen LogP contribution in [-0.2, 0) is 46.4 Å². The molecule has 0 unspecified atom stereocenters.